The van der Waals surface area contributed by atoms with Crippen LogP contribution >= 0.6 is 0 Å². The summed E-state index contributed by atoms with van der Waals surface area (Å²) < 4.78 is 0. The van der Waals surface area contributed by atoms with Crippen molar-refractivity contribution in [3.05, 3.63) is 23.4 Å². The first-order chi connectivity index (χ1) is 12.6. The lowest BCUT2D eigenvalue weighted by molar-refractivity contribution is -0.125. The van der Waals surface area contributed by atoms with Crippen LogP contribution in [0.25, 0.3) is 0 Å². The molecule has 0 spiro atoms. The lowest BCUT2D eigenvalue weighted by Crippen LogP contribution is -2.49. The highest BCUT2D eigenvalue weighted by Gasteiger charge is 2.19. The number of carbonyl (C=O) groups excluding carboxylic acids is 1. The molecule has 142 valence electrons. The van der Waals surface area contributed by atoms with Gasteiger partial charge in [-0.25, -0.2) is 4.98 Å². The normalized spacial score (nSPS) is 16.2. The molecule has 1 unspecified atom stereocenters. The summed E-state index contributed by atoms with van der Waals surface area (Å²) in [7, 11) is 0. The van der Waals surface area contributed by atoms with Gasteiger partial charge in [-0.1, -0.05) is 20.3 Å². The van der Waals surface area contributed by atoms with Gasteiger partial charge in [0.15, 0.2) is 0 Å². The van der Waals surface area contributed by atoms with E-state index in [9.17, 15) is 4.79 Å². The first-order valence-electron chi connectivity index (χ1n) is 9.71. The summed E-state index contributed by atoms with van der Waals surface area (Å²) in [6, 6.07) is 5.94. The van der Waals surface area contributed by atoms with Crippen molar-refractivity contribution in [1.82, 2.24) is 15.2 Å². The number of nitrogens with one attached hydrogen (secondary N) is 1. The number of hydrogen-bond acceptors (Lipinski definition) is 5. The number of piperazine rings is 1. The lowest BCUT2D eigenvalue weighted by Gasteiger charge is -2.35. The maximum absolute atomic E-state index is 12.2. The van der Waals surface area contributed by atoms with Crippen LogP contribution in [-0.4, -0.2) is 55.1 Å². The van der Waals surface area contributed by atoms with E-state index in [-0.39, 0.29) is 11.8 Å². The fraction of sp³-hybridized carbons (Fsp3) is 0.650. The van der Waals surface area contributed by atoms with Crippen molar-refractivity contribution in [3.8, 4) is 6.07 Å². The molecule has 1 fully saturated rings. The first-order valence-corrected chi connectivity index (χ1v) is 9.71. The van der Waals surface area contributed by atoms with E-state index in [1.807, 2.05) is 19.1 Å². The third-order valence-electron chi connectivity index (χ3n) is 5.12. The molecule has 1 N–H and O–H groups in total. The largest absolute Gasteiger partial charge is 0.355 e. The van der Waals surface area contributed by atoms with Crippen LogP contribution < -0.4 is 10.2 Å². The Kier molecular flexibility index (Phi) is 7.86. The molecular formula is C20H31N5O. The summed E-state index contributed by atoms with van der Waals surface area (Å²) in [6.45, 7) is 11.4. The zero-order valence-electron chi connectivity index (χ0n) is 16.3. The SMILES string of the molecule is CCCC(CC)C(=O)NCCN1CCN(c2ccc(C#N)c(C)n2)CC1. The number of nitriles is 1. The first kappa shape index (κ1) is 20.2. The summed E-state index contributed by atoms with van der Waals surface area (Å²) in [5, 5.41) is 12.1. The predicted molar refractivity (Wildman–Crippen MR) is 104 cm³/mol. The van der Waals surface area contributed by atoms with Crippen molar-refractivity contribution in [2.75, 3.05) is 44.2 Å². The molecule has 1 aliphatic heterocycles. The smallest absolute Gasteiger partial charge is 0.223 e. The summed E-state index contributed by atoms with van der Waals surface area (Å²) in [5.41, 5.74) is 1.42. The summed E-state index contributed by atoms with van der Waals surface area (Å²) in [5.74, 6) is 1.30. The van der Waals surface area contributed by atoms with Crippen LogP contribution in [0.5, 0.6) is 0 Å². The molecule has 0 aromatic carbocycles. The van der Waals surface area contributed by atoms with Gasteiger partial charge in [-0.2, -0.15) is 5.26 Å². The Bertz CT molecular complexity index is 632. The Morgan fingerprint density at radius 1 is 1.31 bits per heavy atom. The highest BCUT2D eigenvalue weighted by Crippen LogP contribution is 2.16. The Morgan fingerprint density at radius 2 is 2.04 bits per heavy atom. The van der Waals surface area contributed by atoms with Gasteiger partial charge in [0.25, 0.3) is 0 Å². The standard InChI is InChI=1S/C20H31N5O/c1-4-6-17(5-2)20(26)22-9-10-24-11-13-25(14-12-24)19-8-7-18(15-21)16(3)23-19/h7-8,17H,4-6,9-14H2,1-3H3,(H,22,26). The van der Waals surface area contributed by atoms with Gasteiger partial charge in [0.1, 0.15) is 11.9 Å². The van der Waals surface area contributed by atoms with E-state index in [2.05, 4.69) is 40.0 Å². The number of pyridine rings is 1. The highest BCUT2D eigenvalue weighted by atomic mass is 16.1. The van der Waals surface area contributed by atoms with Gasteiger partial charge in [-0.3, -0.25) is 9.69 Å². The average molecular weight is 358 g/mol. The van der Waals surface area contributed by atoms with E-state index in [1.165, 1.54) is 0 Å². The van der Waals surface area contributed by atoms with Crippen molar-refractivity contribution >= 4 is 11.7 Å². The number of hydrogen-bond donors (Lipinski definition) is 1. The van der Waals surface area contributed by atoms with Crippen molar-refractivity contribution in [3.63, 3.8) is 0 Å². The van der Waals surface area contributed by atoms with Gasteiger partial charge in [0.05, 0.1) is 11.3 Å². The Balaban J connectivity index is 1.74. The van der Waals surface area contributed by atoms with E-state index in [0.717, 1.165) is 63.5 Å². The number of amides is 1. The number of carbonyl (C=O) groups is 1. The third kappa shape index (κ3) is 5.43. The van der Waals surface area contributed by atoms with Gasteiger partial charge in [-0.15, -0.1) is 0 Å². The van der Waals surface area contributed by atoms with E-state index < -0.39 is 0 Å². The van der Waals surface area contributed by atoms with Gasteiger partial charge in [-0.05, 0) is 31.9 Å². The Morgan fingerprint density at radius 3 is 2.62 bits per heavy atom. The van der Waals surface area contributed by atoms with Gasteiger partial charge in [0, 0.05) is 45.2 Å². The minimum absolute atomic E-state index is 0.155. The van der Waals surface area contributed by atoms with Crippen molar-refractivity contribution < 1.29 is 4.79 Å². The average Bonchev–Trinajstić information content (AvgIpc) is 2.66. The molecule has 6 heteroatoms. The molecule has 1 aromatic heterocycles. The molecule has 1 atom stereocenters. The summed E-state index contributed by atoms with van der Waals surface area (Å²) in [6.07, 6.45) is 2.93. The Hall–Kier alpha value is -2.13. The maximum Gasteiger partial charge on any atom is 0.223 e. The summed E-state index contributed by atoms with van der Waals surface area (Å²) in [4.78, 5) is 21.4. The monoisotopic (exact) mass is 357 g/mol. The molecule has 2 rings (SSSR count). The number of aromatic nitrogens is 1. The fourth-order valence-electron chi connectivity index (χ4n) is 3.39. The topological polar surface area (TPSA) is 72.3 Å². The minimum Gasteiger partial charge on any atom is -0.355 e. The van der Waals surface area contributed by atoms with Crippen molar-refractivity contribution in [1.29, 1.82) is 5.26 Å². The van der Waals surface area contributed by atoms with Gasteiger partial charge >= 0.3 is 0 Å². The van der Waals surface area contributed by atoms with E-state index in [1.54, 1.807) is 0 Å². The maximum atomic E-state index is 12.2. The van der Waals surface area contributed by atoms with Gasteiger partial charge in [0.2, 0.25) is 5.91 Å². The zero-order valence-corrected chi connectivity index (χ0v) is 16.3. The van der Waals surface area contributed by atoms with Crippen LogP contribution in [0, 0.1) is 24.2 Å². The van der Waals surface area contributed by atoms with E-state index in [4.69, 9.17) is 5.26 Å². The molecule has 0 saturated carbocycles. The molecule has 6 nitrogen and oxygen atoms in total. The molecule has 0 radical (unpaired) electrons. The zero-order chi connectivity index (χ0) is 18.9. The predicted octanol–water partition coefficient (Wildman–Crippen LogP) is 2.33. The van der Waals surface area contributed by atoms with Crippen LogP contribution in [0.4, 0.5) is 5.82 Å². The Labute approximate surface area is 157 Å². The quantitative estimate of drug-likeness (QED) is 0.773. The van der Waals surface area contributed by atoms with Crippen molar-refractivity contribution in [2.24, 2.45) is 5.92 Å². The number of nitrogens with zero attached hydrogens (tertiary/aromatic N) is 4. The molecule has 2 heterocycles. The second-order valence-corrected chi connectivity index (χ2v) is 6.93. The molecule has 1 aromatic rings. The second kappa shape index (κ2) is 10.1. The molecule has 0 bridgehead atoms. The number of rotatable bonds is 8. The van der Waals surface area contributed by atoms with Crippen LogP contribution in [-0.2, 0) is 4.79 Å². The van der Waals surface area contributed by atoms with Gasteiger partial charge < -0.3 is 10.2 Å². The van der Waals surface area contributed by atoms with Crippen LogP contribution in [0.1, 0.15) is 44.4 Å². The minimum atomic E-state index is 0.155. The number of aryl methyl sites for hydroxylation is 1. The highest BCUT2D eigenvalue weighted by molar-refractivity contribution is 5.78. The molecule has 1 aliphatic rings. The second-order valence-electron chi connectivity index (χ2n) is 6.93. The molecule has 0 aliphatic carbocycles. The van der Waals surface area contributed by atoms with E-state index >= 15 is 0 Å². The molecule has 26 heavy (non-hydrogen) atoms. The number of anilines is 1. The van der Waals surface area contributed by atoms with Crippen LogP contribution in [0.2, 0.25) is 0 Å². The third-order valence-corrected chi connectivity index (χ3v) is 5.12. The van der Waals surface area contributed by atoms with Crippen LogP contribution in [0.15, 0.2) is 12.1 Å². The molecule has 1 saturated heterocycles. The lowest BCUT2D eigenvalue weighted by atomic mass is 10.00. The summed E-state index contributed by atoms with van der Waals surface area (Å²) >= 11 is 0. The van der Waals surface area contributed by atoms with Crippen LogP contribution in [0.3, 0.4) is 0 Å². The van der Waals surface area contributed by atoms with Crippen molar-refractivity contribution in [2.45, 2.75) is 40.0 Å². The molecular weight excluding hydrogens is 326 g/mol. The molecule has 1 amide bonds. The fourth-order valence-corrected chi connectivity index (χ4v) is 3.39. The van der Waals surface area contributed by atoms with E-state index in [0.29, 0.717) is 12.1 Å².